The fraction of sp³-hybridized carbons (Fsp3) is 0.294. The van der Waals surface area contributed by atoms with Crippen molar-refractivity contribution in [3.63, 3.8) is 0 Å². The van der Waals surface area contributed by atoms with E-state index < -0.39 is 11.9 Å². The van der Waals surface area contributed by atoms with Crippen LogP contribution in [0, 0.1) is 0 Å². The molecule has 1 saturated heterocycles. The van der Waals surface area contributed by atoms with Crippen LogP contribution in [0.5, 0.6) is 11.5 Å². The number of rotatable bonds is 11. The van der Waals surface area contributed by atoms with Crippen molar-refractivity contribution in [2.24, 2.45) is 19.1 Å². The van der Waals surface area contributed by atoms with Gasteiger partial charge in [-0.25, -0.2) is 9.78 Å². The lowest BCUT2D eigenvalue weighted by molar-refractivity contribution is -0.116. The summed E-state index contributed by atoms with van der Waals surface area (Å²) in [6.07, 6.45) is 7.46. The summed E-state index contributed by atoms with van der Waals surface area (Å²) < 4.78 is 14.5. The molecular formula is C34H35N7O7. The number of amides is 3. The Hall–Kier alpha value is -5.92. The molecule has 1 atom stereocenters. The molecule has 0 bridgehead atoms. The minimum absolute atomic E-state index is 0.000515. The molecule has 0 spiro atoms. The summed E-state index contributed by atoms with van der Waals surface area (Å²) in [6, 6.07) is 11.9. The van der Waals surface area contributed by atoms with Crippen LogP contribution < -0.4 is 20.1 Å². The number of aliphatic imine (C=N–C) groups is 1. The van der Waals surface area contributed by atoms with E-state index >= 15 is 0 Å². The monoisotopic (exact) mass is 653 g/mol. The molecule has 6 rings (SSSR count). The maximum absolute atomic E-state index is 13.1. The fourth-order valence-corrected chi connectivity index (χ4v) is 5.85. The van der Waals surface area contributed by atoms with E-state index in [2.05, 4.69) is 20.6 Å². The number of carboxylic acid groups (broad SMARTS) is 1. The minimum atomic E-state index is -1.01. The summed E-state index contributed by atoms with van der Waals surface area (Å²) in [4.78, 5) is 60.7. The molecule has 2 aliphatic rings. The molecule has 0 radical (unpaired) electrons. The third-order valence-corrected chi connectivity index (χ3v) is 8.31. The minimum Gasteiger partial charge on any atom is -0.493 e. The zero-order valence-electron chi connectivity index (χ0n) is 26.7. The number of nitrogens with one attached hydrogen (secondary N) is 2. The van der Waals surface area contributed by atoms with Crippen LogP contribution in [0.4, 0.5) is 17.2 Å². The molecule has 1 fully saturated rings. The molecule has 14 nitrogen and oxygen atoms in total. The van der Waals surface area contributed by atoms with Crippen LogP contribution in [-0.2, 0) is 18.9 Å². The highest BCUT2D eigenvalue weighted by Gasteiger charge is 2.32. The third kappa shape index (κ3) is 6.63. The second kappa shape index (κ2) is 13.4. The van der Waals surface area contributed by atoms with Gasteiger partial charge in [-0.15, -0.1) is 0 Å². The van der Waals surface area contributed by atoms with E-state index in [1.165, 1.54) is 16.2 Å². The third-order valence-electron chi connectivity index (χ3n) is 8.31. The highest BCUT2D eigenvalue weighted by atomic mass is 16.5. The molecule has 3 N–H and O–H groups in total. The molecule has 2 aliphatic heterocycles. The number of carboxylic acids is 1. The van der Waals surface area contributed by atoms with Crippen LogP contribution in [0.15, 0.2) is 59.9 Å². The Morgan fingerprint density at radius 3 is 2.52 bits per heavy atom. The van der Waals surface area contributed by atoms with Gasteiger partial charge in [0, 0.05) is 63.0 Å². The number of benzene rings is 2. The summed E-state index contributed by atoms with van der Waals surface area (Å²) >= 11 is 0. The van der Waals surface area contributed by atoms with Gasteiger partial charge in [-0.1, -0.05) is 12.1 Å². The van der Waals surface area contributed by atoms with Gasteiger partial charge in [0.15, 0.2) is 17.3 Å². The largest absolute Gasteiger partial charge is 0.493 e. The lowest BCUT2D eigenvalue weighted by Gasteiger charge is -2.20. The van der Waals surface area contributed by atoms with Crippen LogP contribution >= 0.6 is 0 Å². The van der Waals surface area contributed by atoms with Crippen molar-refractivity contribution in [2.45, 2.75) is 31.7 Å². The van der Waals surface area contributed by atoms with E-state index in [0.29, 0.717) is 41.4 Å². The molecule has 2 aromatic carbocycles. The molecule has 0 saturated carbocycles. The molecule has 0 unspecified atom stereocenters. The van der Waals surface area contributed by atoms with Crippen LogP contribution in [0.3, 0.4) is 0 Å². The maximum atomic E-state index is 13.1. The second-order valence-corrected chi connectivity index (χ2v) is 11.6. The Labute approximate surface area is 276 Å². The lowest BCUT2D eigenvalue weighted by Crippen LogP contribution is -2.35. The number of ether oxygens (including phenoxy) is 2. The van der Waals surface area contributed by atoms with Crippen LogP contribution in [-0.4, -0.2) is 80.3 Å². The average Bonchev–Trinajstić information content (AvgIpc) is 3.78. The summed E-state index contributed by atoms with van der Waals surface area (Å²) in [5.74, 6) is -0.657. The summed E-state index contributed by atoms with van der Waals surface area (Å²) in [5, 5.41) is 14.8. The van der Waals surface area contributed by atoms with E-state index in [1.54, 1.807) is 69.0 Å². The normalized spacial score (nSPS) is 15.0. The number of hydrogen-bond donors (Lipinski definition) is 3. The zero-order chi connectivity index (χ0) is 33.9. The lowest BCUT2D eigenvalue weighted by atomic mass is 10.1. The number of fused-ring (bicyclic) bond motifs is 2. The van der Waals surface area contributed by atoms with E-state index in [-0.39, 0.29) is 48.2 Å². The van der Waals surface area contributed by atoms with Crippen molar-refractivity contribution in [2.75, 3.05) is 30.9 Å². The fourth-order valence-electron chi connectivity index (χ4n) is 5.85. The van der Waals surface area contributed by atoms with Crippen molar-refractivity contribution in [3.8, 4) is 22.6 Å². The predicted molar refractivity (Wildman–Crippen MR) is 178 cm³/mol. The molecule has 3 amide bonds. The van der Waals surface area contributed by atoms with Gasteiger partial charge in [0.25, 0.3) is 11.8 Å². The van der Waals surface area contributed by atoms with Gasteiger partial charge in [0.1, 0.15) is 5.69 Å². The first-order chi connectivity index (χ1) is 23.1. The van der Waals surface area contributed by atoms with E-state index in [9.17, 15) is 24.3 Å². The first kappa shape index (κ1) is 32.0. The van der Waals surface area contributed by atoms with Gasteiger partial charge in [0.2, 0.25) is 11.7 Å². The Bertz CT molecular complexity index is 1930. The van der Waals surface area contributed by atoms with E-state index in [0.717, 1.165) is 24.0 Å². The van der Waals surface area contributed by atoms with Crippen molar-refractivity contribution < 1.29 is 33.8 Å². The van der Waals surface area contributed by atoms with Crippen LogP contribution in [0.1, 0.15) is 57.1 Å². The highest BCUT2D eigenvalue weighted by Crippen LogP contribution is 2.38. The second-order valence-electron chi connectivity index (χ2n) is 11.6. The molecule has 4 heterocycles. The maximum Gasteiger partial charge on any atom is 0.352 e. The molecule has 4 aromatic rings. The number of carbonyl (C=O) groups excluding carboxylic acids is 3. The molecule has 2 aromatic heterocycles. The van der Waals surface area contributed by atoms with Crippen molar-refractivity contribution in [1.29, 1.82) is 0 Å². The van der Waals surface area contributed by atoms with Crippen molar-refractivity contribution in [1.82, 2.24) is 19.0 Å². The molecule has 14 heteroatoms. The smallest absolute Gasteiger partial charge is 0.352 e. The van der Waals surface area contributed by atoms with Crippen molar-refractivity contribution >= 4 is 47.1 Å². The number of imidazole rings is 1. The van der Waals surface area contributed by atoms with Gasteiger partial charge < -0.3 is 39.2 Å². The molecule has 0 aliphatic carbocycles. The topological polar surface area (TPSA) is 169 Å². The number of carbonyl (C=O) groups is 4. The van der Waals surface area contributed by atoms with Gasteiger partial charge in [-0.2, -0.15) is 0 Å². The van der Waals surface area contributed by atoms with E-state index in [1.807, 2.05) is 11.1 Å². The Kier molecular flexibility index (Phi) is 8.97. The summed E-state index contributed by atoms with van der Waals surface area (Å²) in [5.41, 5.74) is 3.23. The standard InChI is InChI=1S/C34H35N7O7/c1-39-18-21(14-26(39)34(45)46)20-8-10-22(11-9-20)36-32(43)31-38-29(19-40(31)2)37-30(42)7-5-13-48-28-16-25-24(15-27(28)47-3)33(44)41-12-4-6-23(41)17-35-25/h8-11,14-19,23H,4-7,12-13H2,1-3H3,(H,36,43)(H,37,42)(H,45,46)/t23-/m0/s1. The number of hydrogen-bond acceptors (Lipinski definition) is 8. The molecule has 248 valence electrons. The predicted octanol–water partition coefficient (Wildman–Crippen LogP) is 4.50. The summed E-state index contributed by atoms with van der Waals surface area (Å²) in [6.45, 7) is 0.920. The van der Waals surface area contributed by atoms with Crippen molar-refractivity contribution in [3.05, 3.63) is 71.9 Å². The first-order valence-electron chi connectivity index (χ1n) is 15.5. The number of aromatic nitrogens is 3. The summed E-state index contributed by atoms with van der Waals surface area (Å²) in [7, 11) is 4.82. The Morgan fingerprint density at radius 2 is 1.79 bits per heavy atom. The van der Waals surface area contributed by atoms with Gasteiger partial charge in [0.05, 0.1) is 31.0 Å². The zero-order valence-corrected chi connectivity index (χ0v) is 26.7. The number of aryl methyl sites for hydroxylation is 2. The van der Waals surface area contributed by atoms with Crippen LogP contribution in [0.25, 0.3) is 11.1 Å². The SMILES string of the molecule is COc1cc2c(cc1OCCCC(=O)Nc1cn(C)c(C(=O)Nc3ccc(-c4cc(C(=O)O)n(C)c4)cc3)n1)N=C[C@@H]1CCCN1C2=O. The Balaban J connectivity index is 1.00. The van der Waals surface area contributed by atoms with Gasteiger partial charge >= 0.3 is 5.97 Å². The number of nitrogens with zero attached hydrogens (tertiary/aromatic N) is 5. The molecule has 48 heavy (non-hydrogen) atoms. The highest BCUT2D eigenvalue weighted by molar-refractivity contribution is 6.04. The van der Waals surface area contributed by atoms with Gasteiger partial charge in [-0.3, -0.25) is 19.4 Å². The number of methoxy groups -OCH3 is 1. The number of anilines is 2. The molecular weight excluding hydrogens is 618 g/mol. The van der Waals surface area contributed by atoms with Crippen LogP contribution in [0.2, 0.25) is 0 Å². The van der Waals surface area contributed by atoms with Gasteiger partial charge in [-0.05, 0) is 49.1 Å². The first-order valence-corrected chi connectivity index (χ1v) is 15.5. The Morgan fingerprint density at radius 1 is 1.00 bits per heavy atom. The number of aromatic carboxylic acids is 1. The quantitative estimate of drug-likeness (QED) is 0.199. The average molecular weight is 654 g/mol. The van der Waals surface area contributed by atoms with E-state index in [4.69, 9.17) is 9.47 Å².